The van der Waals surface area contributed by atoms with Crippen molar-refractivity contribution in [1.29, 1.82) is 0 Å². The van der Waals surface area contributed by atoms with Crippen molar-refractivity contribution in [3.8, 4) is 11.5 Å². The molecule has 0 aliphatic heterocycles. The highest BCUT2D eigenvalue weighted by Crippen LogP contribution is 2.29. The van der Waals surface area contributed by atoms with Gasteiger partial charge in [-0.3, -0.25) is 4.79 Å². The van der Waals surface area contributed by atoms with Crippen LogP contribution in [0.15, 0.2) is 48.7 Å². The highest BCUT2D eigenvalue weighted by molar-refractivity contribution is 6.03. The summed E-state index contributed by atoms with van der Waals surface area (Å²) in [5.41, 5.74) is 0.508. The molecule has 0 saturated heterocycles. The predicted octanol–water partition coefficient (Wildman–Crippen LogP) is 3.77. The number of hydrogen-bond acceptors (Lipinski definition) is 6. The standard InChI is InChI=1S/C19H16F2N4O3/c1-27-16-6-4-12(10-17(16)28-2)23-18(26)15-7-8-22-19(25-15)24-14-5-3-11(20)9-13(14)21/h3-10H,1-2H3,(H,23,26)(H,22,24,25). The summed E-state index contributed by atoms with van der Waals surface area (Å²) < 4.78 is 37.1. The second kappa shape index (κ2) is 8.30. The zero-order valence-corrected chi connectivity index (χ0v) is 15.0. The number of rotatable bonds is 6. The number of methoxy groups -OCH3 is 2. The van der Waals surface area contributed by atoms with E-state index < -0.39 is 17.5 Å². The molecule has 28 heavy (non-hydrogen) atoms. The lowest BCUT2D eigenvalue weighted by molar-refractivity contribution is 0.102. The Bertz CT molecular complexity index is 1010. The van der Waals surface area contributed by atoms with Crippen LogP contribution in [0.1, 0.15) is 10.5 Å². The quantitative estimate of drug-likeness (QED) is 0.671. The molecule has 144 valence electrons. The lowest BCUT2D eigenvalue weighted by Gasteiger charge is -2.11. The van der Waals surface area contributed by atoms with Gasteiger partial charge in [-0.15, -0.1) is 0 Å². The number of carbonyl (C=O) groups excluding carboxylic acids is 1. The predicted molar refractivity (Wildman–Crippen MR) is 99.2 cm³/mol. The summed E-state index contributed by atoms with van der Waals surface area (Å²) in [6.07, 6.45) is 1.35. The molecule has 2 N–H and O–H groups in total. The van der Waals surface area contributed by atoms with Crippen LogP contribution in [0.4, 0.5) is 26.1 Å². The van der Waals surface area contributed by atoms with Gasteiger partial charge in [0.25, 0.3) is 5.91 Å². The smallest absolute Gasteiger partial charge is 0.274 e. The SMILES string of the molecule is COc1ccc(NC(=O)c2ccnc(Nc3ccc(F)cc3F)n2)cc1OC. The first-order chi connectivity index (χ1) is 13.5. The van der Waals surface area contributed by atoms with E-state index in [1.165, 1.54) is 32.5 Å². The van der Waals surface area contributed by atoms with E-state index in [2.05, 4.69) is 20.6 Å². The van der Waals surface area contributed by atoms with Crippen molar-refractivity contribution in [3.63, 3.8) is 0 Å². The molecule has 0 saturated carbocycles. The molecule has 7 nitrogen and oxygen atoms in total. The van der Waals surface area contributed by atoms with Crippen molar-refractivity contribution in [2.45, 2.75) is 0 Å². The summed E-state index contributed by atoms with van der Waals surface area (Å²) in [5.74, 6) is -1.04. The largest absolute Gasteiger partial charge is 0.493 e. The van der Waals surface area contributed by atoms with Crippen LogP contribution in [-0.4, -0.2) is 30.1 Å². The Balaban J connectivity index is 1.77. The Morgan fingerprint density at radius 2 is 1.79 bits per heavy atom. The fourth-order valence-electron chi connectivity index (χ4n) is 2.37. The molecular formula is C19H16F2N4O3. The summed E-state index contributed by atoms with van der Waals surface area (Å²) in [4.78, 5) is 20.5. The number of anilines is 3. The molecule has 0 radical (unpaired) electrons. The van der Waals surface area contributed by atoms with E-state index in [9.17, 15) is 13.6 Å². The van der Waals surface area contributed by atoms with Crippen molar-refractivity contribution in [3.05, 3.63) is 66.0 Å². The lowest BCUT2D eigenvalue weighted by Crippen LogP contribution is -2.15. The molecule has 1 amide bonds. The minimum atomic E-state index is -0.802. The van der Waals surface area contributed by atoms with E-state index in [0.717, 1.165) is 12.1 Å². The van der Waals surface area contributed by atoms with Gasteiger partial charge in [-0.05, 0) is 30.3 Å². The third-order valence-electron chi connectivity index (χ3n) is 3.71. The van der Waals surface area contributed by atoms with Crippen LogP contribution in [0.25, 0.3) is 0 Å². The van der Waals surface area contributed by atoms with E-state index >= 15 is 0 Å². The number of halogens is 2. The molecule has 9 heteroatoms. The fraction of sp³-hybridized carbons (Fsp3) is 0.105. The Kier molecular flexibility index (Phi) is 5.64. The van der Waals surface area contributed by atoms with Gasteiger partial charge in [-0.25, -0.2) is 18.7 Å². The molecule has 0 aliphatic carbocycles. The second-order valence-electron chi connectivity index (χ2n) is 5.54. The van der Waals surface area contributed by atoms with Crippen molar-refractivity contribution < 1.29 is 23.0 Å². The van der Waals surface area contributed by atoms with Crippen LogP contribution in [0.2, 0.25) is 0 Å². The number of ether oxygens (including phenoxy) is 2. The Hall–Kier alpha value is -3.75. The van der Waals surface area contributed by atoms with Gasteiger partial charge in [0.15, 0.2) is 11.5 Å². The first-order valence-corrected chi connectivity index (χ1v) is 8.08. The number of carbonyl (C=O) groups is 1. The van der Waals surface area contributed by atoms with E-state index in [-0.39, 0.29) is 17.3 Å². The Morgan fingerprint density at radius 3 is 2.50 bits per heavy atom. The summed E-state index contributed by atoms with van der Waals surface area (Å²) in [7, 11) is 3.00. The molecule has 0 atom stereocenters. The number of benzene rings is 2. The third-order valence-corrected chi connectivity index (χ3v) is 3.71. The molecule has 1 heterocycles. The van der Waals surface area contributed by atoms with E-state index in [1.54, 1.807) is 18.2 Å². The minimum absolute atomic E-state index is 0.00882. The first kappa shape index (κ1) is 19.0. The van der Waals surface area contributed by atoms with Gasteiger partial charge >= 0.3 is 0 Å². The van der Waals surface area contributed by atoms with Crippen molar-refractivity contribution in [2.75, 3.05) is 24.9 Å². The highest BCUT2D eigenvalue weighted by atomic mass is 19.1. The molecule has 0 aliphatic rings. The summed E-state index contributed by atoms with van der Waals surface area (Å²) in [6, 6.07) is 9.35. The minimum Gasteiger partial charge on any atom is -0.493 e. The number of aromatic nitrogens is 2. The van der Waals surface area contributed by atoms with Gasteiger partial charge in [0.05, 0.1) is 19.9 Å². The maximum atomic E-state index is 13.8. The first-order valence-electron chi connectivity index (χ1n) is 8.08. The maximum absolute atomic E-state index is 13.8. The van der Waals surface area contributed by atoms with Gasteiger partial charge in [0, 0.05) is 24.0 Å². The van der Waals surface area contributed by atoms with Crippen LogP contribution >= 0.6 is 0 Å². The third kappa shape index (κ3) is 4.32. The lowest BCUT2D eigenvalue weighted by atomic mass is 10.2. The van der Waals surface area contributed by atoms with Crippen molar-refractivity contribution >= 4 is 23.2 Å². The molecule has 0 unspecified atom stereocenters. The molecule has 0 bridgehead atoms. The van der Waals surface area contributed by atoms with Gasteiger partial charge < -0.3 is 20.1 Å². The fourth-order valence-corrected chi connectivity index (χ4v) is 2.37. The van der Waals surface area contributed by atoms with Crippen LogP contribution in [0, 0.1) is 11.6 Å². The zero-order chi connectivity index (χ0) is 20.1. The second-order valence-corrected chi connectivity index (χ2v) is 5.54. The monoisotopic (exact) mass is 386 g/mol. The van der Waals surface area contributed by atoms with E-state index in [0.29, 0.717) is 17.2 Å². The topological polar surface area (TPSA) is 85.4 Å². The van der Waals surface area contributed by atoms with Crippen LogP contribution in [0.3, 0.4) is 0 Å². The van der Waals surface area contributed by atoms with Crippen LogP contribution in [0.5, 0.6) is 11.5 Å². The number of amides is 1. The van der Waals surface area contributed by atoms with Gasteiger partial charge in [0.2, 0.25) is 5.95 Å². The molecule has 2 aromatic carbocycles. The van der Waals surface area contributed by atoms with Crippen molar-refractivity contribution in [2.24, 2.45) is 0 Å². The average Bonchev–Trinajstić information content (AvgIpc) is 2.70. The van der Waals surface area contributed by atoms with Gasteiger partial charge in [-0.2, -0.15) is 0 Å². The van der Waals surface area contributed by atoms with Gasteiger partial charge in [-0.1, -0.05) is 0 Å². The maximum Gasteiger partial charge on any atom is 0.274 e. The molecule has 3 aromatic rings. The van der Waals surface area contributed by atoms with E-state index in [1.807, 2.05) is 0 Å². The highest BCUT2D eigenvalue weighted by Gasteiger charge is 2.12. The normalized spacial score (nSPS) is 10.3. The number of hydrogen-bond donors (Lipinski definition) is 2. The number of nitrogens with one attached hydrogen (secondary N) is 2. The van der Waals surface area contributed by atoms with Crippen LogP contribution in [-0.2, 0) is 0 Å². The number of nitrogens with zero attached hydrogens (tertiary/aromatic N) is 2. The average molecular weight is 386 g/mol. The Morgan fingerprint density at radius 1 is 1.00 bits per heavy atom. The molecule has 0 spiro atoms. The summed E-state index contributed by atoms with van der Waals surface area (Å²) in [6.45, 7) is 0. The van der Waals surface area contributed by atoms with Gasteiger partial charge in [0.1, 0.15) is 17.3 Å². The van der Waals surface area contributed by atoms with E-state index in [4.69, 9.17) is 9.47 Å². The molecule has 1 aromatic heterocycles. The summed E-state index contributed by atoms with van der Waals surface area (Å²) in [5, 5.41) is 5.29. The Labute approximate surface area is 159 Å². The summed E-state index contributed by atoms with van der Waals surface area (Å²) >= 11 is 0. The van der Waals surface area contributed by atoms with Crippen molar-refractivity contribution in [1.82, 2.24) is 9.97 Å². The molecule has 3 rings (SSSR count). The zero-order valence-electron chi connectivity index (χ0n) is 15.0. The molecular weight excluding hydrogens is 370 g/mol. The molecule has 0 fully saturated rings. The van der Waals surface area contributed by atoms with Crippen LogP contribution < -0.4 is 20.1 Å².